The van der Waals surface area contributed by atoms with Crippen LogP contribution in [0.4, 0.5) is 0 Å². The lowest BCUT2D eigenvalue weighted by Crippen LogP contribution is -1.93. The van der Waals surface area contributed by atoms with E-state index in [0.717, 1.165) is 0 Å². The molecular weight excluding hydrogens is 116 g/mol. The van der Waals surface area contributed by atoms with Gasteiger partial charge in [-0.15, -0.1) is 0 Å². The van der Waals surface area contributed by atoms with Gasteiger partial charge >= 0.3 is 0 Å². The van der Waals surface area contributed by atoms with E-state index in [4.69, 9.17) is 5.11 Å². The van der Waals surface area contributed by atoms with Crippen molar-refractivity contribution in [3.8, 4) is 0 Å². The predicted octanol–water partition coefficient (Wildman–Crippen LogP) is 1.11. The second-order valence-electron chi connectivity index (χ2n) is 1.70. The van der Waals surface area contributed by atoms with Crippen LogP contribution in [0.2, 0.25) is 0 Å². The molecule has 0 aliphatic heterocycles. The molecule has 0 bridgehead atoms. The van der Waals surface area contributed by atoms with E-state index in [-0.39, 0.29) is 11.5 Å². The van der Waals surface area contributed by atoms with Gasteiger partial charge in [0.2, 0.25) is 11.5 Å². The highest BCUT2D eigenvalue weighted by Gasteiger charge is 2.01. The number of aliphatic hydroxyl groups is 1. The zero-order valence-corrected chi connectivity index (χ0v) is 4.79. The van der Waals surface area contributed by atoms with Crippen LogP contribution in [0.15, 0.2) is 29.7 Å². The molecule has 9 heavy (non-hydrogen) atoms. The Morgan fingerprint density at radius 3 is 3.22 bits per heavy atom. The molecule has 0 unspecified atom stereocenters. The minimum atomic E-state index is -0.372. The summed E-state index contributed by atoms with van der Waals surface area (Å²) in [7, 11) is 0. The molecule has 1 aliphatic carbocycles. The number of ketones is 1. The van der Waals surface area contributed by atoms with Gasteiger partial charge in [0.25, 0.3) is 0 Å². The Hall–Kier alpha value is -1.27. The van der Waals surface area contributed by atoms with Crippen LogP contribution in [-0.2, 0) is 4.79 Å². The van der Waals surface area contributed by atoms with Crippen molar-refractivity contribution >= 4 is 5.78 Å². The fraction of sp³-hybridized carbons (Fsp3) is 0.143. The molecule has 0 heterocycles. The molecule has 0 radical (unpaired) electrons. The van der Waals surface area contributed by atoms with E-state index in [0.29, 0.717) is 6.42 Å². The Morgan fingerprint density at radius 2 is 2.44 bits per heavy atom. The van der Waals surface area contributed by atoms with Gasteiger partial charge in [0.1, 0.15) is 0 Å². The number of hydrogen-bond acceptors (Lipinski definition) is 2. The maximum atomic E-state index is 10.6. The lowest BCUT2D eigenvalue weighted by molar-refractivity contribution is -0.113. The summed E-state index contributed by atoms with van der Waals surface area (Å²) in [5.74, 6) is -0.674. The normalized spacial score (nSPS) is 17.3. The minimum absolute atomic E-state index is 0.302. The van der Waals surface area contributed by atoms with Crippen LogP contribution in [0, 0.1) is 0 Å². The second kappa shape index (κ2) is 2.33. The molecule has 0 fully saturated rings. The van der Waals surface area contributed by atoms with Gasteiger partial charge in [0, 0.05) is 0 Å². The minimum Gasteiger partial charge on any atom is -0.498 e. The predicted molar refractivity (Wildman–Crippen MR) is 33.0 cm³/mol. The van der Waals surface area contributed by atoms with E-state index in [9.17, 15) is 4.79 Å². The van der Waals surface area contributed by atoms with Gasteiger partial charge in [0.05, 0.1) is 0 Å². The zero-order valence-electron chi connectivity index (χ0n) is 4.79. The maximum absolute atomic E-state index is 10.6. The lowest BCUT2D eigenvalue weighted by Gasteiger charge is -1.82. The number of carbonyl (C=O) groups excluding carboxylic acids is 1. The number of hydrogen-bond donors (Lipinski definition) is 1. The number of carbonyl (C=O) groups is 1. The van der Waals surface area contributed by atoms with Crippen LogP contribution < -0.4 is 0 Å². The third-order valence-electron chi connectivity index (χ3n) is 0.995. The first kappa shape index (κ1) is 5.86. The van der Waals surface area contributed by atoms with Gasteiger partial charge in [-0.1, -0.05) is 11.8 Å². The molecule has 46 valence electrons. The fourth-order valence-electron chi connectivity index (χ4n) is 0.549. The third-order valence-corrected chi connectivity index (χ3v) is 0.995. The molecule has 0 aromatic heterocycles. The molecule has 1 rings (SSSR count). The third kappa shape index (κ3) is 1.31. The smallest absolute Gasteiger partial charge is 0.228 e. The summed E-state index contributed by atoms with van der Waals surface area (Å²) in [4.78, 5) is 10.6. The van der Waals surface area contributed by atoms with Crippen LogP contribution in [0.3, 0.4) is 0 Å². The van der Waals surface area contributed by atoms with Crippen molar-refractivity contribution in [1.82, 2.24) is 0 Å². The van der Waals surface area contributed by atoms with Crippen molar-refractivity contribution in [3.05, 3.63) is 29.7 Å². The highest BCUT2D eigenvalue weighted by Crippen LogP contribution is 1.97. The van der Waals surface area contributed by atoms with Gasteiger partial charge in [-0.25, -0.2) is 0 Å². The van der Waals surface area contributed by atoms with Crippen LogP contribution in [0.5, 0.6) is 0 Å². The van der Waals surface area contributed by atoms with E-state index in [1.54, 1.807) is 12.2 Å². The molecule has 0 aromatic carbocycles. The molecule has 2 nitrogen and oxygen atoms in total. The molecule has 0 aromatic rings. The SMILES string of the molecule is O=C1C=CCC=C=C1O. The van der Waals surface area contributed by atoms with Crippen molar-refractivity contribution in [2.75, 3.05) is 0 Å². The van der Waals surface area contributed by atoms with Crippen LogP contribution in [0.25, 0.3) is 0 Å². The lowest BCUT2D eigenvalue weighted by atomic mass is 10.3. The molecular formula is C7H6O2. The van der Waals surface area contributed by atoms with Gasteiger partial charge in [-0.05, 0) is 18.6 Å². The van der Waals surface area contributed by atoms with E-state index >= 15 is 0 Å². The first-order chi connectivity index (χ1) is 4.30. The maximum Gasteiger partial charge on any atom is 0.228 e. The number of allylic oxidation sites excluding steroid dienone is 2. The number of aliphatic hydroxyl groups excluding tert-OH is 1. The van der Waals surface area contributed by atoms with Gasteiger partial charge in [0.15, 0.2) is 0 Å². The Labute approximate surface area is 52.8 Å². The Balaban J connectivity index is 2.99. The largest absolute Gasteiger partial charge is 0.498 e. The molecule has 0 saturated carbocycles. The van der Waals surface area contributed by atoms with Crippen molar-refractivity contribution in [3.63, 3.8) is 0 Å². The standard InChI is InChI=1S/C7H6O2/c8-6-4-2-1-3-5-7(6)9/h2-4,9H,1H2. The molecule has 1 N–H and O–H groups in total. The van der Waals surface area contributed by atoms with Crippen molar-refractivity contribution < 1.29 is 9.90 Å². The molecule has 0 spiro atoms. The topological polar surface area (TPSA) is 37.3 Å². The zero-order chi connectivity index (χ0) is 6.69. The Morgan fingerprint density at radius 1 is 1.67 bits per heavy atom. The Kier molecular flexibility index (Phi) is 1.52. The van der Waals surface area contributed by atoms with Crippen molar-refractivity contribution in [1.29, 1.82) is 0 Å². The van der Waals surface area contributed by atoms with Crippen molar-refractivity contribution in [2.24, 2.45) is 0 Å². The fourth-order valence-corrected chi connectivity index (χ4v) is 0.549. The van der Waals surface area contributed by atoms with Gasteiger partial charge < -0.3 is 5.11 Å². The van der Waals surface area contributed by atoms with Crippen molar-refractivity contribution in [2.45, 2.75) is 6.42 Å². The number of rotatable bonds is 0. The molecule has 0 atom stereocenters. The summed E-state index contributed by atoms with van der Waals surface area (Å²) in [6, 6.07) is 0. The first-order valence-corrected chi connectivity index (χ1v) is 2.65. The second-order valence-corrected chi connectivity index (χ2v) is 1.70. The van der Waals surface area contributed by atoms with E-state index < -0.39 is 0 Å². The van der Waals surface area contributed by atoms with Crippen LogP contribution >= 0.6 is 0 Å². The van der Waals surface area contributed by atoms with E-state index in [1.807, 2.05) is 0 Å². The highest BCUT2D eigenvalue weighted by molar-refractivity contribution is 6.02. The molecule has 0 amide bonds. The molecule has 0 saturated heterocycles. The van der Waals surface area contributed by atoms with Crippen LogP contribution in [-0.4, -0.2) is 10.9 Å². The molecule has 2 heteroatoms. The summed E-state index contributed by atoms with van der Waals surface area (Å²) >= 11 is 0. The quantitative estimate of drug-likeness (QED) is 0.489. The Bertz CT molecular complexity index is 217. The summed E-state index contributed by atoms with van der Waals surface area (Å²) in [6.45, 7) is 0. The molecule has 1 aliphatic rings. The van der Waals surface area contributed by atoms with E-state index in [2.05, 4.69) is 5.73 Å². The summed E-state index contributed by atoms with van der Waals surface area (Å²) in [5.41, 5.74) is 2.43. The monoisotopic (exact) mass is 122 g/mol. The average molecular weight is 122 g/mol. The summed E-state index contributed by atoms with van der Waals surface area (Å²) in [6.07, 6.45) is 5.29. The van der Waals surface area contributed by atoms with Gasteiger partial charge in [-0.2, -0.15) is 0 Å². The first-order valence-electron chi connectivity index (χ1n) is 2.65. The average Bonchev–Trinajstić information content (AvgIpc) is 1.99. The summed E-state index contributed by atoms with van der Waals surface area (Å²) in [5, 5.41) is 8.73. The summed E-state index contributed by atoms with van der Waals surface area (Å²) < 4.78 is 0. The highest BCUT2D eigenvalue weighted by atomic mass is 16.3. The van der Waals surface area contributed by atoms with E-state index in [1.165, 1.54) is 6.08 Å². The van der Waals surface area contributed by atoms with Crippen LogP contribution in [0.1, 0.15) is 6.42 Å². The van der Waals surface area contributed by atoms with Gasteiger partial charge in [-0.3, -0.25) is 4.79 Å².